The van der Waals surface area contributed by atoms with Gasteiger partial charge in [-0.05, 0) is 43.9 Å². The molecule has 0 aromatic heterocycles. The fraction of sp³-hybridized carbons (Fsp3) is 0.684. The molecule has 0 amide bonds. The number of hydrogen-bond donors (Lipinski definition) is 1. The summed E-state index contributed by atoms with van der Waals surface area (Å²) in [5, 5.41) is 22.7. The molecule has 2 fully saturated rings. The summed E-state index contributed by atoms with van der Waals surface area (Å²) in [5.41, 5.74) is -0.424. The van der Waals surface area contributed by atoms with Crippen molar-refractivity contribution in [1.82, 2.24) is 4.90 Å². The van der Waals surface area contributed by atoms with Crippen LogP contribution in [0.1, 0.15) is 57.1 Å². The summed E-state index contributed by atoms with van der Waals surface area (Å²) in [6.45, 7) is 2.30. The maximum Gasteiger partial charge on any atom is 0.260 e. The lowest BCUT2D eigenvalue weighted by Gasteiger charge is -2.48. The number of rotatable bonds is 4. The second-order valence-electron chi connectivity index (χ2n) is 7.59. The van der Waals surface area contributed by atoms with Crippen molar-refractivity contribution in [2.75, 3.05) is 13.7 Å². The van der Waals surface area contributed by atoms with E-state index in [4.69, 9.17) is 4.74 Å². The van der Waals surface area contributed by atoms with Crippen LogP contribution >= 0.6 is 0 Å². The topological polar surface area (TPSA) is 75.8 Å². The van der Waals surface area contributed by atoms with Gasteiger partial charge >= 0.3 is 0 Å². The zero-order valence-corrected chi connectivity index (χ0v) is 15.1. The first kappa shape index (κ1) is 18.1. The highest BCUT2D eigenvalue weighted by Gasteiger charge is 2.54. The summed E-state index contributed by atoms with van der Waals surface area (Å²) in [5.74, 6) is 0.730. The Kier molecular flexibility index (Phi) is 5.29. The lowest BCUT2D eigenvalue weighted by molar-refractivity contribution is -0.559. The van der Waals surface area contributed by atoms with Gasteiger partial charge < -0.3 is 9.84 Å². The van der Waals surface area contributed by atoms with Gasteiger partial charge in [0.1, 0.15) is 17.4 Å². The third-order valence-electron chi connectivity index (χ3n) is 5.90. The van der Waals surface area contributed by atoms with E-state index in [9.17, 15) is 15.2 Å². The summed E-state index contributed by atoms with van der Waals surface area (Å²) in [6.07, 6.45) is 6.19. The summed E-state index contributed by atoms with van der Waals surface area (Å²) in [6, 6.07) is 6.40. The quantitative estimate of drug-likeness (QED) is 0.668. The predicted octanol–water partition coefficient (Wildman–Crippen LogP) is 3.17. The van der Waals surface area contributed by atoms with Crippen LogP contribution in [0.25, 0.3) is 0 Å². The van der Waals surface area contributed by atoms with E-state index in [2.05, 4.69) is 4.90 Å². The van der Waals surface area contributed by atoms with Crippen LogP contribution in [0.15, 0.2) is 24.3 Å². The summed E-state index contributed by atoms with van der Waals surface area (Å²) in [4.78, 5) is 13.9. The van der Waals surface area contributed by atoms with Crippen LogP contribution in [0.5, 0.6) is 5.75 Å². The van der Waals surface area contributed by atoms with Gasteiger partial charge in [0.15, 0.2) is 0 Å². The molecule has 1 aromatic carbocycles. The van der Waals surface area contributed by atoms with Crippen LogP contribution in [0, 0.1) is 10.1 Å². The average Bonchev–Trinajstić information content (AvgIpc) is 2.61. The Labute approximate surface area is 148 Å². The van der Waals surface area contributed by atoms with Crippen LogP contribution in [0.4, 0.5) is 0 Å². The number of benzene rings is 1. The lowest BCUT2D eigenvalue weighted by Crippen LogP contribution is -2.60. The smallest absolute Gasteiger partial charge is 0.260 e. The van der Waals surface area contributed by atoms with Crippen molar-refractivity contribution in [1.29, 1.82) is 0 Å². The number of nitro groups is 1. The third-order valence-corrected chi connectivity index (χ3v) is 5.90. The van der Waals surface area contributed by atoms with Crippen molar-refractivity contribution in [2.24, 2.45) is 0 Å². The largest absolute Gasteiger partial charge is 0.497 e. The zero-order valence-electron chi connectivity index (χ0n) is 15.1. The third kappa shape index (κ3) is 3.65. The highest BCUT2D eigenvalue weighted by molar-refractivity contribution is 5.31. The molecule has 0 radical (unpaired) electrons. The second kappa shape index (κ2) is 7.30. The number of aliphatic hydroxyl groups is 1. The van der Waals surface area contributed by atoms with Crippen molar-refractivity contribution in [3.63, 3.8) is 0 Å². The lowest BCUT2D eigenvalue weighted by atomic mass is 9.78. The normalized spacial score (nSPS) is 31.6. The van der Waals surface area contributed by atoms with Crippen molar-refractivity contribution in [3.8, 4) is 5.75 Å². The SMILES string of the molecule is COc1ccc([C@@H]2[C@@H]([N+](=O)[O-])[C@@](C)(O)CCN2C2CCCCC2)cc1. The van der Waals surface area contributed by atoms with E-state index in [-0.39, 0.29) is 4.92 Å². The maximum atomic E-state index is 11.9. The first-order chi connectivity index (χ1) is 11.9. The molecular formula is C19H28N2O4. The highest BCUT2D eigenvalue weighted by Crippen LogP contribution is 2.42. The minimum Gasteiger partial charge on any atom is -0.497 e. The molecule has 25 heavy (non-hydrogen) atoms. The Morgan fingerprint density at radius 2 is 1.88 bits per heavy atom. The van der Waals surface area contributed by atoms with Gasteiger partial charge in [0, 0.05) is 17.5 Å². The number of piperidine rings is 1. The molecule has 138 valence electrons. The van der Waals surface area contributed by atoms with Crippen LogP contribution in [-0.4, -0.2) is 46.3 Å². The molecule has 1 saturated carbocycles. The Balaban J connectivity index is 1.99. The van der Waals surface area contributed by atoms with Crippen LogP contribution < -0.4 is 4.74 Å². The predicted molar refractivity (Wildman–Crippen MR) is 95.3 cm³/mol. The van der Waals surface area contributed by atoms with Gasteiger partial charge in [-0.3, -0.25) is 15.0 Å². The van der Waals surface area contributed by atoms with E-state index in [0.29, 0.717) is 19.0 Å². The maximum absolute atomic E-state index is 11.9. The molecule has 2 aliphatic rings. The Morgan fingerprint density at radius 3 is 2.44 bits per heavy atom. The molecule has 1 N–H and O–H groups in total. The number of nitrogens with zero attached hydrogens (tertiary/aromatic N) is 2. The fourth-order valence-corrected chi connectivity index (χ4v) is 4.50. The summed E-state index contributed by atoms with van der Waals surface area (Å²) >= 11 is 0. The minimum atomic E-state index is -1.31. The van der Waals surface area contributed by atoms with Gasteiger partial charge in [-0.15, -0.1) is 0 Å². The number of hydrogen-bond acceptors (Lipinski definition) is 5. The van der Waals surface area contributed by atoms with Crippen molar-refractivity contribution in [3.05, 3.63) is 39.9 Å². The molecule has 6 nitrogen and oxygen atoms in total. The molecule has 6 heteroatoms. The molecule has 1 heterocycles. The number of methoxy groups -OCH3 is 1. The van der Waals surface area contributed by atoms with E-state index in [1.165, 1.54) is 19.3 Å². The molecule has 1 saturated heterocycles. The monoisotopic (exact) mass is 348 g/mol. The van der Waals surface area contributed by atoms with Gasteiger partial charge in [0.05, 0.1) is 7.11 Å². The molecular weight excluding hydrogens is 320 g/mol. The molecule has 1 aromatic rings. The van der Waals surface area contributed by atoms with Crippen molar-refractivity contribution < 1.29 is 14.8 Å². The summed E-state index contributed by atoms with van der Waals surface area (Å²) < 4.78 is 5.22. The van der Waals surface area contributed by atoms with E-state index >= 15 is 0 Å². The number of ether oxygens (including phenoxy) is 1. The molecule has 1 aliphatic carbocycles. The standard InChI is InChI=1S/C19H28N2O4/c1-19(22)12-13-20(15-6-4-3-5-7-15)17(18(19)21(23)24)14-8-10-16(25-2)11-9-14/h8-11,15,17-18,22H,3-7,12-13H2,1-2H3/t17-,18-,19+/m1/s1. The van der Waals surface area contributed by atoms with E-state index in [0.717, 1.165) is 24.2 Å². The van der Waals surface area contributed by atoms with Crippen LogP contribution in [0.2, 0.25) is 0 Å². The Bertz CT molecular complexity index is 596. The van der Waals surface area contributed by atoms with Crippen LogP contribution in [0.3, 0.4) is 0 Å². The molecule has 3 atom stereocenters. The molecule has 0 spiro atoms. The molecule has 0 bridgehead atoms. The van der Waals surface area contributed by atoms with E-state index in [1.807, 2.05) is 24.3 Å². The van der Waals surface area contributed by atoms with Crippen LogP contribution in [-0.2, 0) is 0 Å². The van der Waals surface area contributed by atoms with Gasteiger partial charge in [0.25, 0.3) is 6.04 Å². The fourth-order valence-electron chi connectivity index (χ4n) is 4.50. The first-order valence-corrected chi connectivity index (χ1v) is 9.19. The van der Waals surface area contributed by atoms with E-state index in [1.54, 1.807) is 14.0 Å². The Morgan fingerprint density at radius 1 is 1.24 bits per heavy atom. The minimum absolute atomic E-state index is 0.288. The van der Waals surface area contributed by atoms with Gasteiger partial charge in [-0.2, -0.15) is 0 Å². The Hall–Kier alpha value is -1.66. The van der Waals surface area contributed by atoms with Gasteiger partial charge in [-0.1, -0.05) is 31.4 Å². The van der Waals surface area contributed by atoms with Crippen molar-refractivity contribution >= 4 is 0 Å². The molecule has 1 aliphatic heterocycles. The van der Waals surface area contributed by atoms with Gasteiger partial charge in [0.2, 0.25) is 0 Å². The second-order valence-corrected chi connectivity index (χ2v) is 7.59. The average molecular weight is 348 g/mol. The molecule has 3 rings (SSSR count). The molecule has 0 unspecified atom stereocenters. The summed E-state index contributed by atoms with van der Waals surface area (Å²) in [7, 11) is 1.61. The first-order valence-electron chi connectivity index (χ1n) is 9.19. The zero-order chi connectivity index (χ0) is 18.0. The number of likely N-dealkylation sites (tertiary alicyclic amines) is 1. The van der Waals surface area contributed by atoms with Crippen molar-refractivity contribution in [2.45, 2.75) is 69.2 Å². The van der Waals surface area contributed by atoms with E-state index < -0.39 is 17.7 Å². The van der Waals surface area contributed by atoms with Gasteiger partial charge in [-0.25, -0.2) is 0 Å². The highest BCUT2D eigenvalue weighted by atomic mass is 16.6.